The predicted octanol–water partition coefficient (Wildman–Crippen LogP) is 3.81. The van der Waals surface area contributed by atoms with Crippen LogP contribution in [0.3, 0.4) is 0 Å². The van der Waals surface area contributed by atoms with Crippen molar-refractivity contribution in [1.29, 1.82) is 0 Å². The van der Waals surface area contributed by atoms with E-state index >= 15 is 0 Å². The summed E-state index contributed by atoms with van der Waals surface area (Å²) in [5.74, 6) is 3.09. The second kappa shape index (κ2) is 5.47. The average Bonchev–Trinajstić information content (AvgIpc) is 3.09. The number of aromatic nitrogens is 2. The fraction of sp³-hybridized carbons (Fsp3) is 0.875. The molecule has 2 aliphatic rings. The van der Waals surface area contributed by atoms with E-state index < -0.39 is 0 Å². The van der Waals surface area contributed by atoms with Crippen LogP contribution in [0.2, 0.25) is 0 Å². The maximum Gasteiger partial charge on any atom is 0.243 e. The molecule has 1 aliphatic heterocycles. The lowest BCUT2D eigenvalue weighted by atomic mass is 9.70. The Morgan fingerprint density at radius 1 is 1.10 bits per heavy atom. The molecule has 0 unspecified atom stereocenters. The zero-order valence-corrected chi connectivity index (χ0v) is 13.0. The molecule has 0 aromatic carbocycles. The third-order valence-corrected chi connectivity index (χ3v) is 5.13. The van der Waals surface area contributed by atoms with Gasteiger partial charge in [0, 0.05) is 5.92 Å². The van der Waals surface area contributed by atoms with Gasteiger partial charge < -0.3 is 9.84 Å². The molecule has 0 bridgehead atoms. The highest BCUT2D eigenvalue weighted by atomic mass is 16.5. The van der Waals surface area contributed by atoms with Gasteiger partial charge in [-0.05, 0) is 56.4 Å². The van der Waals surface area contributed by atoms with Gasteiger partial charge in [0.25, 0.3) is 0 Å². The zero-order valence-electron chi connectivity index (χ0n) is 13.0. The summed E-state index contributed by atoms with van der Waals surface area (Å²) < 4.78 is 5.47. The van der Waals surface area contributed by atoms with Crippen LogP contribution in [0.15, 0.2) is 4.52 Å². The first-order chi connectivity index (χ1) is 9.54. The van der Waals surface area contributed by atoms with Gasteiger partial charge in [0.1, 0.15) is 0 Å². The Kier molecular flexibility index (Phi) is 3.85. The number of nitrogens with one attached hydrogen (secondary N) is 1. The van der Waals surface area contributed by atoms with Crippen molar-refractivity contribution in [2.24, 2.45) is 11.3 Å². The van der Waals surface area contributed by atoms with Crippen LogP contribution in [0.5, 0.6) is 0 Å². The molecule has 0 radical (unpaired) electrons. The van der Waals surface area contributed by atoms with Crippen molar-refractivity contribution >= 4 is 0 Å². The van der Waals surface area contributed by atoms with Crippen molar-refractivity contribution < 1.29 is 4.52 Å². The van der Waals surface area contributed by atoms with Gasteiger partial charge >= 0.3 is 0 Å². The van der Waals surface area contributed by atoms with E-state index in [1.807, 2.05) is 0 Å². The Morgan fingerprint density at radius 2 is 1.85 bits per heavy atom. The van der Waals surface area contributed by atoms with Crippen molar-refractivity contribution in [2.45, 2.75) is 71.3 Å². The second-order valence-electron chi connectivity index (χ2n) is 7.55. The van der Waals surface area contributed by atoms with Crippen molar-refractivity contribution in [3.63, 3.8) is 0 Å². The van der Waals surface area contributed by atoms with Gasteiger partial charge in [0.05, 0.1) is 6.04 Å². The Morgan fingerprint density at radius 3 is 2.45 bits per heavy atom. The quantitative estimate of drug-likeness (QED) is 0.893. The molecule has 4 heteroatoms. The molecule has 1 aromatic rings. The van der Waals surface area contributed by atoms with Gasteiger partial charge in [-0.3, -0.25) is 0 Å². The molecule has 3 rings (SSSR count). The molecule has 2 fully saturated rings. The highest BCUT2D eigenvalue weighted by Crippen LogP contribution is 2.42. The summed E-state index contributed by atoms with van der Waals surface area (Å²) in [6.45, 7) is 8.14. The molecule has 0 spiro atoms. The summed E-state index contributed by atoms with van der Waals surface area (Å²) in [6, 6.07) is 0.294. The van der Waals surface area contributed by atoms with Gasteiger partial charge in [-0.25, -0.2) is 0 Å². The van der Waals surface area contributed by atoms with Gasteiger partial charge in [-0.15, -0.1) is 0 Å². The number of hydrogen-bond acceptors (Lipinski definition) is 4. The summed E-state index contributed by atoms with van der Waals surface area (Å²) in [6.07, 6.45) is 7.33. The van der Waals surface area contributed by atoms with Crippen LogP contribution in [0.4, 0.5) is 0 Å². The maximum absolute atomic E-state index is 5.47. The highest BCUT2D eigenvalue weighted by Gasteiger charge is 2.32. The minimum absolute atomic E-state index is 0.294. The van der Waals surface area contributed by atoms with Crippen molar-refractivity contribution in [3.05, 3.63) is 11.7 Å². The molecule has 0 amide bonds. The van der Waals surface area contributed by atoms with Crippen LogP contribution < -0.4 is 5.32 Å². The van der Waals surface area contributed by atoms with Crippen molar-refractivity contribution in [1.82, 2.24) is 15.5 Å². The number of hydrogen-bond donors (Lipinski definition) is 1. The van der Waals surface area contributed by atoms with E-state index in [0.29, 0.717) is 17.4 Å². The van der Waals surface area contributed by atoms with Crippen LogP contribution in [0.25, 0.3) is 0 Å². The first-order valence-corrected chi connectivity index (χ1v) is 8.11. The lowest BCUT2D eigenvalue weighted by Crippen LogP contribution is -2.25. The molecule has 1 atom stereocenters. The zero-order chi connectivity index (χ0) is 14.2. The molecule has 1 aromatic heterocycles. The molecule has 1 N–H and O–H groups in total. The Labute approximate surface area is 121 Å². The molecule has 112 valence electrons. The molecule has 1 saturated heterocycles. The highest BCUT2D eigenvalue weighted by molar-refractivity contribution is 5.02. The summed E-state index contributed by atoms with van der Waals surface area (Å²) in [5.41, 5.74) is 0.432. The lowest BCUT2D eigenvalue weighted by molar-refractivity contribution is 0.166. The van der Waals surface area contributed by atoms with E-state index in [4.69, 9.17) is 4.52 Å². The average molecular weight is 277 g/mol. The molecule has 1 saturated carbocycles. The monoisotopic (exact) mass is 277 g/mol. The van der Waals surface area contributed by atoms with Crippen LogP contribution in [0.1, 0.15) is 83.0 Å². The van der Waals surface area contributed by atoms with Crippen LogP contribution >= 0.6 is 0 Å². The lowest BCUT2D eigenvalue weighted by Gasteiger charge is -2.36. The van der Waals surface area contributed by atoms with E-state index in [1.165, 1.54) is 32.1 Å². The van der Waals surface area contributed by atoms with Gasteiger partial charge in [-0.2, -0.15) is 4.98 Å². The van der Waals surface area contributed by atoms with E-state index in [1.54, 1.807) is 0 Å². The van der Waals surface area contributed by atoms with Gasteiger partial charge in [-0.1, -0.05) is 25.9 Å². The minimum atomic E-state index is 0.294. The summed E-state index contributed by atoms with van der Waals surface area (Å²) >= 11 is 0. The third-order valence-electron chi connectivity index (χ3n) is 5.13. The second-order valence-corrected chi connectivity index (χ2v) is 7.55. The first-order valence-electron chi connectivity index (χ1n) is 8.11. The molecular formula is C16H27N3O. The van der Waals surface area contributed by atoms with Crippen LogP contribution in [-0.2, 0) is 0 Å². The van der Waals surface area contributed by atoms with Crippen LogP contribution in [-0.4, -0.2) is 16.7 Å². The Hall–Kier alpha value is -0.900. The molecule has 4 nitrogen and oxygen atoms in total. The van der Waals surface area contributed by atoms with E-state index in [2.05, 4.69) is 36.2 Å². The van der Waals surface area contributed by atoms with Crippen LogP contribution in [0, 0.1) is 11.3 Å². The van der Waals surface area contributed by atoms with E-state index in [-0.39, 0.29) is 0 Å². The van der Waals surface area contributed by atoms with Crippen molar-refractivity contribution in [2.75, 3.05) is 6.54 Å². The largest absolute Gasteiger partial charge is 0.338 e. The van der Waals surface area contributed by atoms with Gasteiger partial charge in [0.15, 0.2) is 5.82 Å². The predicted molar refractivity (Wildman–Crippen MR) is 78.4 cm³/mol. The summed E-state index contributed by atoms with van der Waals surface area (Å²) in [5, 5.41) is 7.67. The number of rotatable bonds is 2. The topological polar surface area (TPSA) is 51.0 Å². The molecular weight excluding hydrogens is 250 g/mol. The normalized spacial score (nSPS) is 31.6. The molecule has 2 heterocycles. The standard InChI is InChI=1S/C16H27N3O/c1-16(2,3)12-8-6-11(7-9-12)14-18-15(20-19-14)13-5-4-10-17-13/h11-13,17H,4-10H2,1-3H3/t11?,12?,13-/m0/s1. The fourth-order valence-electron chi connectivity index (χ4n) is 3.67. The summed E-state index contributed by atoms with van der Waals surface area (Å²) in [7, 11) is 0. The fourth-order valence-corrected chi connectivity index (χ4v) is 3.67. The van der Waals surface area contributed by atoms with Gasteiger partial charge in [0.2, 0.25) is 5.89 Å². The van der Waals surface area contributed by atoms with Crippen molar-refractivity contribution in [3.8, 4) is 0 Å². The maximum atomic E-state index is 5.47. The molecule has 1 aliphatic carbocycles. The van der Waals surface area contributed by atoms with E-state index in [9.17, 15) is 0 Å². The minimum Gasteiger partial charge on any atom is -0.338 e. The number of nitrogens with zero attached hydrogens (tertiary/aromatic N) is 2. The van der Waals surface area contributed by atoms with E-state index in [0.717, 1.165) is 30.6 Å². The Bertz CT molecular complexity index is 435. The first kappa shape index (κ1) is 14.1. The third kappa shape index (κ3) is 2.90. The summed E-state index contributed by atoms with van der Waals surface area (Å²) in [4.78, 5) is 4.66. The Balaban J connectivity index is 1.61. The molecule has 20 heavy (non-hydrogen) atoms. The smallest absolute Gasteiger partial charge is 0.243 e. The SMILES string of the molecule is CC(C)(C)C1CCC(c2noc([C@@H]3CCCN3)n2)CC1.